The van der Waals surface area contributed by atoms with Crippen LogP contribution in [0, 0.1) is 11.3 Å². The molecule has 2 saturated heterocycles. The Balaban J connectivity index is 1.31. The van der Waals surface area contributed by atoms with Crippen LogP contribution >= 0.6 is 0 Å². The smallest absolute Gasteiger partial charge is 0.243 e. The van der Waals surface area contributed by atoms with Gasteiger partial charge in [0.2, 0.25) is 11.8 Å². The molecule has 38 heavy (non-hydrogen) atoms. The van der Waals surface area contributed by atoms with E-state index in [1.54, 1.807) is 6.92 Å². The maximum atomic E-state index is 14.8. The second-order valence-electron chi connectivity index (χ2n) is 11.8. The van der Waals surface area contributed by atoms with Crippen molar-refractivity contribution in [1.82, 2.24) is 15.1 Å². The van der Waals surface area contributed by atoms with Gasteiger partial charge in [-0.15, -0.1) is 0 Å². The van der Waals surface area contributed by atoms with E-state index in [2.05, 4.69) is 50.0 Å². The third-order valence-electron chi connectivity index (χ3n) is 9.07. The Morgan fingerprint density at radius 3 is 2.21 bits per heavy atom. The minimum Gasteiger partial charge on any atom is -0.360 e. The Kier molecular flexibility index (Phi) is 7.34. The minimum absolute atomic E-state index is 0.124. The maximum absolute atomic E-state index is 14.8. The molecule has 1 N–H and O–H groups in total. The van der Waals surface area contributed by atoms with Gasteiger partial charge in [-0.05, 0) is 47.3 Å². The second kappa shape index (κ2) is 10.5. The summed E-state index contributed by atoms with van der Waals surface area (Å²) in [5.41, 5.74) is 4.28. The van der Waals surface area contributed by atoms with Crippen LogP contribution in [0.3, 0.4) is 0 Å². The zero-order valence-electron chi connectivity index (χ0n) is 22.8. The number of carbonyl (C=O) groups is 2. The molecule has 1 unspecified atom stereocenters. The van der Waals surface area contributed by atoms with Gasteiger partial charge in [0, 0.05) is 44.6 Å². The molecule has 1 aliphatic carbocycles. The van der Waals surface area contributed by atoms with Crippen LogP contribution in [0.25, 0.3) is 0 Å². The van der Waals surface area contributed by atoms with E-state index >= 15 is 0 Å². The number of nitrogens with zero attached hydrogens (tertiary/aromatic N) is 2. The van der Waals surface area contributed by atoms with Crippen molar-refractivity contribution < 1.29 is 14.0 Å². The summed E-state index contributed by atoms with van der Waals surface area (Å²) >= 11 is 0. The van der Waals surface area contributed by atoms with E-state index in [1.165, 1.54) is 5.56 Å². The number of hydrogen-bond acceptors (Lipinski definition) is 3. The zero-order chi connectivity index (χ0) is 27.0. The molecule has 2 aliphatic heterocycles. The molecule has 4 atom stereocenters. The number of nitrogens with one attached hydrogen (secondary N) is 1. The van der Waals surface area contributed by atoms with Crippen LogP contribution in [0.5, 0.6) is 0 Å². The molecule has 0 bridgehead atoms. The Labute approximate surface area is 226 Å². The summed E-state index contributed by atoms with van der Waals surface area (Å²) < 4.78 is 14.8. The Morgan fingerprint density at radius 1 is 1.00 bits per heavy atom. The lowest BCUT2D eigenvalue weighted by atomic mass is 9.89. The summed E-state index contributed by atoms with van der Waals surface area (Å²) in [6.07, 6.45) is 2.02. The lowest BCUT2D eigenvalue weighted by Gasteiger charge is -2.34. The molecule has 0 aromatic heterocycles. The Morgan fingerprint density at radius 2 is 1.61 bits per heavy atom. The van der Waals surface area contributed by atoms with E-state index < -0.39 is 12.2 Å². The average molecular weight is 518 g/mol. The minimum atomic E-state index is -1.06. The van der Waals surface area contributed by atoms with Crippen LogP contribution in [0.2, 0.25) is 0 Å². The number of likely N-dealkylation sites (tertiary alicyclic amines) is 2. The second-order valence-corrected chi connectivity index (χ2v) is 11.8. The van der Waals surface area contributed by atoms with Gasteiger partial charge in [-0.2, -0.15) is 0 Å². The van der Waals surface area contributed by atoms with Crippen molar-refractivity contribution in [2.75, 3.05) is 19.6 Å². The van der Waals surface area contributed by atoms with Gasteiger partial charge in [0.25, 0.3) is 0 Å². The molecule has 0 radical (unpaired) electrons. The summed E-state index contributed by atoms with van der Waals surface area (Å²) in [5, 5.41) is 3.26. The van der Waals surface area contributed by atoms with Crippen LogP contribution in [-0.4, -0.2) is 53.5 Å². The van der Waals surface area contributed by atoms with Gasteiger partial charge < -0.3 is 15.1 Å². The number of benzene rings is 2. The normalized spacial score (nSPS) is 24.9. The van der Waals surface area contributed by atoms with E-state index in [1.807, 2.05) is 40.1 Å². The summed E-state index contributed by atoms with van der Waals surface area (Å²) in [7, 11) is 0. The van der Waals surface area contributed by atoms with Crippen molar-refractivity contribution in [2.45, 2.75) is 70.6 Å². The van der Waals surface area contributed by atoms with Gasteiger partial charge in [-0.25, -0.2) is 4.39 Å². The molecule has 202 valence electrons. The fraction of sp³-hybridized carbons (Fsp3) is 0.500. The molecule has 1 saturated carbocycles. The third kappa shape index (κ3) is 5.23. The average Bonchev–Trinajstić information content (AvgIpc) is 3.46. The predicted octanol–water partition coefficient (Wildman–Crippen LogP) is 5.59. The van der Waals surface area contributed by atoms with E-state index in [0.29, 0.717) is 5.92 Å². The highest BCUT2D eigenvalue weighted by atomic mass is 19.1. The summed E-state index contributed by atoms with van der Waals surface area (Å²) in [6.45, 7) is 12.1. The first-order chi connectivity index (χ1) is 18.2. The zero-order valence-corrected chi connectivity index (χ0v) is 22.8. The highest BCUT2D eigenvalue weighted by Crippen LogP contribution is 2.63. The Hall–Kier alpha value is -3.15. The molecular formula is C32H40FN3O2. The van der Waals surface area contributed by atoms with Gasteiger partial charge in [0.15, 0.2) is 0 Å². The van der Waals surface area contributed by atoms with Crippen LogP contribution in [-0.2, 0) is 9.59 Å². The van der Waals surface area contributed by atoms with Crippen molar-refractivity contribution in [1.29, 1.82) is 0 Å². The third-order valence-corrected chi connectivity index (χ3v) is 9.07. The van der Waals surface area contributed by atoms with Crippen LogP contribution in [0.4, 0.5) is 4.39 Å². The maximum Gasteiger partial charge on any atom is 0.243 e. The highest BCUT2D eigenvalue weighted by Gasteiger charge is 2.58. The van der Waals surface area contributed by atoms with Crippen molar-refractivity contribution >= 4 is 11.8 Å². The quantitative estimate of drug-likeness (QED) is 0.521. The number of allylic oxidation sites excluding steroid dienone is 1. The van der Waals surface area contributed by atoms with Gasteiger partial charge >= 0.3 is 0 Å². The highest BCUT2D eigenvalue weighted by molar-refractivity contribution is 5.83. The number of carbonyl (C=O) groups excluding carboxylic acids is 2. The number of amides is 2. The SMILES string of the molecule is C=C(C1CC12CCN(C(C)=O)CC2)N1C[C@H](F)C[C@H]1C(=O)N[C@@H](c1ccccc1)c1ccc(C(C)C)cc1. The fourth-order valence-electron chi connectivity index (χ4n) is 6.51. The van der Waals surface area contributed by atoms with E-state index in [0.717, 1.165) is 49.2 Å². The largest absolute Gasteiger partial charge is 0.360 e. The van der Waals surface area contributed by atoms with Gasteiger partial charge in [0.05, 0.1) is 6.04 Å². The molecule has 2 amide bonds. The van der Waals surface area contributed by atoms with E-state index in [9.17, 15) is 14.0 Å². The number of halogens is 1. The van der Waals surface area contributed by atoms with Gasteiger partial charge in [-0.1, -0.05) is 75.0 Å². The molecule has 1 spiro atoms. The molecule has 5 nitrogen and oxygen atoms in total. The summed E-state index contributed by atoms with van der Waals surface area (Å²) in [5.74, 6) is 0.646. The molecule has 3 fully saturated rings. The standard InChI is InChI=1S/C32H40FN3O2/c1-21(2)24-10-12-26(13-11-24)30(25-8-6-5-7-9-25)34-31(38)29-18-27(33)20-36(29)22(3)28-19-32(28)14-16-35(17-15-32)23(4)37/h5-13,21,27-30H,3,14-20H2,1-2,4H3,(H,34,38)/t27-,28?,29+,30+/m1/s1. The molecular weight excluding hydrogens is 477 g/mol. The molecule has 2 heterocycles. The number of hydrogen-bond donors (Lipinski definition) is 1. The number of alkyl halides is 1. The van der Waals surface area contributed by atoms with Crippen molar-refractivity contribution in [3.8, 4) is 0 Å². The van der Waals surface area contributed by atoms with Crippen LogP contribution in [0.15, 0.2) is 66.9 Å². The molecule has 2 aromatic carbocycles. The van der Waals surface area contributed by atoms with Gasteiger partial charge in [0.1, 0.15) is 12.2 Å². The first kappa shape index (κ1) is 26.5. The molecule has 3 aliphatic rings. The molecule has 6 heteroatoms. The van der Waals surface area contributed by atoms with Crippen LogP contribution in [0.1, 0.15) is 75.1 Å². The van der Waals surface area contributed by atoms with E-state index in [-0.39, 0.29) is 42.2 Å². The fourth-order valence-corrected chi connectivity index (χ4v) is 6.51. The first-order valence-corrected chi connectivity index (χ1v) is 14.0. The monoisotopic (exact) mass is 517 g/mol. The van der Waals surface area contributed by atoms with Crippen molar-refractivity contribution in [3.05, 3.63) is 83.6 Å². The van der Waals surface area contributed by atoms with Gasteiger partial charge in [-0.3, -0.25) is 9.59 Å². The first-order valence-electron chi connectivity index (χ1n) is 14.0. The lowest BCUT2D eigenvalue weighted by molar-refractivity contribution is -0.130. The lowest BCUT2D eigenvalue weighted by Crippen LogP contribution is -2.45. The Bertz CT molecular complexity index is 1170. The van der Waals surface area contributed by atoms with E-state index in [4.69, 9.17) is 0 Å². The van der Waals surface area contributed by atoms with Crippen molar-refractivity contribution in [3.63, 3.8) is 0 Å². The topological polar surface area (TPSA) is 52.7 Å². The number of rotatable bonds is 7. The summed E-state index contributed by atoms with van der Waals surface area (Å²) in [4.78, 5) is 29.4. The molecule has 5 rings (SSSR count). The van der Waals surface area contributed by atoms with Crippen LogP contribution < -0.4 is 5.32 Å². The van der Waals surface area contributed by atoms with Crippen molar-refractivity contribution in [2.24, 2.45) is 11.3 Å². The predicted molar refractivity (Wildman–Crippen MR) is 148 cm³/mol. The molecule has 2 aromatic rings. The summed E-state index contributed by atoms with van der Waals surface area (Å²) in [6, 6.07) is 17.5. The number of piperidine rings is 1.